The molecule has 102 valence electrons. The fraction of sp³-hybridized carbons (Fsp3) is 0.385. The molecule has 2 aromatic heterocycles. The van der Waals surface area contributed by atoms with Crippen molar-refractivity contribution < 1.29 is 4.79 Å². The smallest absolute Gasteiger partial charge is 0.272 e. The molecule has 5 nitrogen and oxygen atoms in total. The van der Waals surface area contributed by atoms with E-state index in [0.29, 0.717) is 11.4 Å². The van der Waals surface area contributed by atoms with Crippen molar-refractivity contribution in [1.82, 2.24) is 15.1 Å². The van der Waals surface area contributed by atoms with Gasteiger partial charge in [-0.3, -0.25) is 9.48 Å². The summed E-state index contributed by atoms with van der Waals surface area (Å²) in [5.74, 6) is -0.201. The van der Waals surface area contributed by atoms with Crippen molar-refractivity contribution in [2.24, 2.45) is 7.05 Å². The van der Waals surface area contributed by atoms with Gasteiger partial charge in [0.2, 0.25) is 0 Å². The van der Waals surface area contributed by atoms with Crippen LogP contribution in [-0.4, -0.2) is 15.7 Å². The number of nitrogens with one attached hydrogen (secondary N) is 1. The Balaban J connectivity index is 2.18. The number of carbonyl (C=O) groups excluding carboxylic acids is 1. The maximum absolute atomic E-state index is 12.2. The fourth-order valence-electron chi connectivity index (χ4n) is 2.16. The van der Waals surface area contributed by atoms with E-state index in [1.807, 2.05) is 6.92 Å². The molecule has 0 fully saturated rings. The molecule has 0 aliphatic heterocycles. The minimum Gasteiger partial charge on any atom is -0.396 e. The second kappa shape index (κ2) is 5.05. The first kappa shape index (κ1) is 13.6. The first-order chi connectivity index (χ1) is 8.90. The van der Waals surface area contributed by atoms with Gasteiger partial charge in [-0.05, 0) is 32.4 Å². The lowest BCUT2D eigenvalue weighted by Gasteiger charge is -2.14. The van der Waals surface area contributed by atoms with Crippen LogP contribution >= 0.6 is 11.3 Å². The number of hydrogen-bond acceptors (Lipinski definition) is 4. The van der Waals surface area contributed by atoms with Gasteiger partial charge in [0.1, 0.15) is 5.69 Å². The maximum Gasteiger partial charge on any atom is 0.272 e. The van der Waals surface area contributed by atoms with Crippen molar-refractivity contribution in [3.05, 3.63) is 33.3 Å². The van der Waals surface area contributed by atoms with E-state index in [0.717, 1.165) is 5.56 Å². The van der Waals surface area contributed by atoms with Gasteiger partial charge in [-0.2, -0.15) is 5.10 Å². The molecule has 0 saturated heterocycles. The van der Waals surface area contributed by atoms with E-state index in [1.54, 1.807) is 18.4 Å². The molecule has 1 unspecified atom stereocenters. The summed E-state index contributed by atoms with van der Waals surface area (Å²) in [6, 6.07) is 2.06. The van der Waals surface area contributed by atoms with Gasteiger partial charge in [0.15, 0.2) is 0 Å². The summed E-state index contributed by atoms with van der Waals surface area (Å²) in [5.41, 5.74) is 7.69. The highest BCUT2D eigenvalue weighted by Gasteiger charge is 2.19. The Morgan fingerprint density at radius 1 is 1.53 bits per heavy atom. The molecular weight excluding hydrogens is 260 g/mol. The highest BCUT2D eigenvalue weighted by molar-refractivity contribution is 7.12. The van der Waals surface area contributed by atoms with Crippen LogP contribution in [0.4, 0.5) is 5.69 Å². The minimum atomic E-state index is -0.201. The van der Waals surface area contributed by atoms with Crippen LogP contribution in [0.25, 0.3) is 0 Å². The number of anilines is 1. The largest absolute Gasteiger partial charge is 0.396 e. The third kappa shape index (κ3) is 2.63. The second-order valence-corrected chi connectivity index (χ2v) is 6.10. The van der Waals surface area contributed by atoms with Crippen molar-refractivity contribution in [2.75, 3.05) is 5.73 Å². The molecule has 0 radical (unpaired) electrons. The number of amides is 1. The summed E-state index contributed by atoms with van der Waals surface area (Å²) >= 11 is 1.73. The molecule has 3 N–H and O–H groups in total. The van der Waals surface area contributed by atoms with Crippen LogP contribution in [0.2, 0.25) is 0 Å². The summed E-state index contributed by atoms with van der Waals surface area (Å²) in [5, 5.41) is 6.93. The third-order valence-corrected chi connectivity index (χ3v) is 4.06. The molecule has 1 amide bonds. The SMILES string of the molecule is Cc1cc(C(C)NC(=O)c2c(N)cnn2C)c(C)s1. The molecule has 2 heterocycles. The van der Waals surface area contributed by atoms with Crippen molar-refractivity contribution in [1.29, 1.82) is 0 Å². The van der Waals surface area contributed by atoms with Gasteiger partial charge in [-0.1, -0.05) is 0 Å². The molecular formula is C13H18N4OS. The Labute approximate surface area is 116 Å². The highest BCUT2D eigenvalue weighted by atomic mass is 32.1. The monoisotopic (exact) mass is 278 g/mol. The lowest BCUT2D eigenvalue weighted by molar-refractivity contribution is 0.0931. The van der Waals surface area contributed by atoms with E-state index in [-0.39, 0.29) is 11.9 Å². The molecule has 19 heavy (non-hydrogen) atoms. The van der Waals surface area contributed by atoms with Gasteiger partial charge in [-0.15, -0.1) is 11.3 Å². The predicted octanol–water partition coefficient (Wildman–Crippen LogP) is 2.17. The zero-order valence-corrected chi connectivity index (χ0v) is 12.3. The lowest BCUT2D eigenvalue weighted by atomic mass is 10.1. The summed E-state index contributed by atoms with van der Waals surface area (Å²) in [4.78, 5) is 14.7. The van der Waals surface area contributed by atoms with E-state index in [4.69, 9.17) is 5.73 Å². The number of carbonyl (C=O) groups is 1. The van der Waals surface area contributed by atoms with E-state index < -0.39 is 0 Å². The number of nitrogens with zero attached hydrogens (tertiary/aromatic N) is 2. The normalized spacial score (nSPS) is 12.4. The molecule has 1 atom stereocenters. The number of hydrogen-bond donors (Lipinski definition) is 2. The molecule has 0 aromatic carbocycles. The lowest BCUT2D eigenvalue weighted by Crippen LogP contribution is -2.29. The summed E-state index contributed by atoms with van der Waals surface area (Å²) in [6.07, 6.45) is 1.49. The molecule has 0 bridgehead atoms. The van der Waals surface area contributed by atoms with E-state index >= 15 is 0 Å². The highest BCUT2D eigenvalue weighted by Crippen LogP contribution is 2.26. The van der Waals surface area contributed by atoms with Gasteiger partial charge >= 0.3 is 0 Å². The zero-order chi connectivity index (χ0) is 14.2. The summed E-state index contributed by atoms with van der Waals surface area (Å²) in [6.45, 7) is 6.10. The topological polar surface area (TPSA) is 72.9 Å². The predicted molar refractivity (Wildman–Crippen MR) is 77.3 cm³/mol. The number of aryl methyl sites for hydroxylation is 3. The molecule has 0 spiro atoms. The molecule has 0 saturated carbocycles. The minimum absolute atomic E-state index is 0.0493. The number of thiophene rings is 1. The van der Waals surface area contributed by atoms with Crippen LogP contribution in [0.15, 0.2) is 12.3 Å². The Kier molecular flexibility index (Phi) is 3.61. The van der Waals surface area contributed by atoms with Crippen LogP contribution in [-0.2, 0) is 7.05 Å². The standard InChI is InChI=1S/C13H18N4OS/c1-7-5-10(9(3)19-7)8(2)16-13(18)12-11(14)6-15-17(12)4/h5-6,8H,14H2,1-4H3,(H,16,18). The maximum atomic E-state index is 12.2. The van der Waals surface area contributed by atoms with Crippen molar-refractivity contribution in [3.63, 3.8) is 0 Å². The van der Waals surface area contributed by atoms with Gasteiger partial charge in [0.25, 0.3) is 5.91 Å². The van der Waals surface area contributed by atoms with Crippen LogP contribution in [0.3, 0.4) is 0 Å². The molecule has 0 aliphatic carbocycles. The molecule has 2 rings (SSSR count). The Hall–Kier alpha value is -1.82. The fourth-order valence-corrected chi connectivity index (χ4v) is 3.18. The van der Waals surface area contributed by atoms with Gasteiger partial charge in [0, 0.05) is 16.8 Å². The molecule has 0 aliphatic rings. The zero-order valence-electron chi connectivity index (χ0n) is 11.5. The quantitative estimate of drug-likeness (QED) is 0.903. The summed E-state index contributed by atoms with van der Waals surface area (Å²) in [7, 11) is 1.70. The number of aromatic nitrogens is 2. The van der Waals surface area contributed by atoms with Crippen LogP contribution in [0.1, 0.15) is 38.8 Å². The number of nitrogens with two attached hydrogens (primary N) is 1. The number of nitrogen functional groups attached to an aromatic ring is 1. The first-order valence-corrected chi connectivity index (χ1v) is 6.87. The van der Waals surface area contributed by atoms with Gasteiger partial charge in [-0.25, -0.2) is 0 Å². The first-order valence-electron chi connectivity index (χ1n) is 6.05. The Morgan fingerprint density at radius 3 is 2.68 bits per heavy atom. The van der Waals surface area contributed by atoms with Crippen LogP contribution in [0, 0.1) is 13.8 Å². The molecule has 6 heteroatoms. The van der Waals surface area contributed by atoms with E-state index in [9.17, 15) is 4.79 Å². The Bertz CT molecular complexity index is 595. The van der Waals surface area contributed by atoms with Crippen LogP contribution < -0.4 is 11.1 Å². The second-order valence-electron chi connectivity index (χ2n) is 4.64. The summed E-state index contributed by atoms with van der Waals surface area (Å²) < 4.78 is 1.49. The molecule has 2 aromatic rings. The van der Waals surface area contributed by atoms with Crippen LogP contribution in [0.5, 0.6) is 0 Å². The van der Waals surface area contributed by atoms with Gasteiger partial charge in [0.05, 0.1) is 17.9 Å². The average Bonchev–Trinajstić information content (AvgIpc) is 2.81. The van der Waals surface area contributed by atoms with Crippen molar-refractivity contribution >= 4 is 22.9 Å². The van der Waals surface area contributed by atoms with Crippen molar-refractivity contribution in [3.8, 4) is 0 Å². The average molecular weight is 278 g/mol. The van der Waals surface area contributed by atoms with Gasteiger partial charge < -0.3 is 11.1 Å². The number of rotatable bonds is 3. The van der Waals surface area contributed by atoms with E-state index in [2.05, 4.69) is 30.3 Å². The third-order valence-electron chi connectivity index (χ3n) is 3.08. The van der Waals surface area contributed by atoms with E-state index in [1.165, 1.54) is 20.6 Å². The Morgan fingerprint density at radius 2 is 2.21 bits per heavy atom. The van der Waals surface area contributed by atoms with Crippen molar-refractivity contribution in [2.45, 2.75) is 26.8 Å².